The summed E-state index contributed by atoms with van der Waals surface area (Å²) in [5.74, 6) is 0.263. The molecule has 0 bridgehead atoms. The molecule has 0 saturated carbocycles. The topological polar surface area (TPSA) is 77.2 Å². The van der Waals surface area contributed by atoms with E-state index in [9.17, 15) is 4.79 Å². The van der Waals surface area contributed by atoms with Crippen LogP contribution in [0.4, 0.5) is 5.82 Å². The fraction of sp³-hybridized carbons (Fsp3) is 0.375. The van der Waals surface area contributed by atoms with Crippen LogP contribution in [0.15, 0.2) is 30.3 Å². The average molecular weight is 285 g/mol. The zero-order valence-electron chi connectivity index (χ0n) is 12.0. The summed E-state index contributed by atoms with van der Waals surface area (Å²) in [4.78, 5) is 16.8. The average Bonchev–Trinajstić information content (AvgIpc) is 2.46. The van der Waals surface area contributed by atoms with Crippen LogP contribution in [0.25, 0.3) is 10.9 Å². The van der Waals surface area contributed by atoms with Gasteiger partial charge in [0.2, 0.25) is 0 Å². The number of pyridine rings is 1. The number of rotatable bonds is 2. The minimum atomic E-state index is -0.0978. The van der Waals surface area contributed by atoms with Crippen LogP contribution >= 0.6 is 0 Å². The van der Waals surface area contributed by atoms with Crippen molar-refractivity contribution in [3.05, 3.63) is 35.9 Å². The molecule has 1 saturated heterocycles. The van der Waals surface area contributed by atoms with E-state index in [2.05, 4.69) is 10.3 Å². The first-order chi connectivity index (χ1) is 10.1. The van der Waals surface area contributed by atoms with Crippen LogP contribution in [0.1, 0.15) is 30.1 Å². The van der Waals surface area contributed by atoms with Crippen molar-refractivity contribution in [1.82, 2.24) is 10.3 Å². The number of benzene rings is 1. The summed E-state index contributed by atoms with van der Waals surface area (Å²) in [7, 11) is 0. The van der Waals surface area contributed by atoms with E-state index in [1.165, 1.54) is 0 Å². The van der Waals surface area contributed by atoms with Gasteiger partial charge < -0.3 is 15.8 Å². The second-order valence-electron chi connectivity index (χ2n) is 5.49. The summed E-state index contributed by atoms with van der Waals surface area (Å²) in [5.41, 5.74) is 7.13. The Morgan fingerprint density at radius 2 is 2.24 bits per heavy atom. The van der Waals surface area contributed by atoms with Crippen LogP contribution in [0, 0.1) is 0 Å². The number of aromatic nitrogens is 1. The molecular weight excluding hydrogens is 266 g/mol. The highest BCUT2D eigenvalue weighted by molar-refractivity contribution is 6.07. The molecule has 1 aliphatic heterocycles. The van der Waals surface area contributed by atoms with Crippen molar-refractivity contribution in [2.24, 2.45) is 0 Å². The molecule has 3 rings (SSSR count). The number of carbonyl (C=O) groups is 1. The Bertz CT molecular complexity index is 672. The lowest BCUT2D eigenvalue weighted by Crippen LogP contribution is -2.41. The van der Waals surface area contributed by atoms with Gasteiger partial charge in [0, 0.05) is 18.0 Å². The van der Waals surface area contributed by atoms with Gasteiger partial charge in [0.15, 0.2) is 0 Å². The Kier molecular flexibility index (Phi) is 3.75. The molecule has 1 aliphatic rings. The number of ether oxygens (including phenoxy) is 1. The van der Waals surface area contributed by atoms with Crippen LogP contribution in [-0.2, 0) is 4.74 Å². The monoisotopic (exact) mass is 285 g/mol. The third-order valence-electron chi connectivity index (χ3n) is 3.80. The van der Waals surface area contributed by atoms with E-state index in [4.69, 9.17) is 10.5 Å². The van der Waals surface area contributed by atoms with E-state index in [1.807, 2.05) is 31.2 Å². The van der Waals surface area contributed by atoms with Gasteiger partial charge in [0.25, 0.3) is 5.91 Å². The molecule has 2 unspecified atom stereocenters. The second kappa shape index (κ2) is 5.69. The first kappa shape index (κ1) is 13.8. The Balaban J connectivity index is 1.87. The van der Waals surface area contributed by atoms with Crippen LogP contribution in [0.3, 0.4) is 0 Å². The van der Waals surface area contributed by atoms with Crippen LogP contribution in [0.5, 0.6) is 0 Å². The Morgan fingerprint density at radius 3 is 3.05 bits per heavy atom. The summed E-state index contributed by atoms with van der Waals surface area (Å²) < 4.78 is 5.50. The molecule has 5 nitrogen and oxygen atoms in total. The molecule has 2 heterocycles. The summed E-state index contributed by atoms with van der Waals surface area (Å²) >= 11 is 0. The predicted octanol–water partition coefficient (Wildman–Crippen LogP) is 2.11. The van der Waals surface area contributed by atoms with Crippen molar-refractivity contribution in [3.8, 4) is 0 Å². The highest BCUT2D eigenvalue weighted by Gasteiger charge is 2.22. The Morgan fingerprint density at radius 1 is 1.43 bits per heavy atom. The molecule has 2 aromatic rings. The third-order valence-corrected chi connectivity index (χ3v) is 3.80. The fourth-order valence-electron chi connectivity index (χ4n) is 2.78. The number of anilines is 1. The number of nitrogen functional groups attached to an aromatic ring is 1. The summed E-state index contributed by atoms with van der Waals surface area (Å²) in [5, 5.41) is 3.91. The number of nitrogens with one attached hydrogen (secondary N) is 1. The Hall–Kier alpha value is -2.14. The first-order valence-corrected chi connectivity index (χ1v) is 7.21. The van der Waals surface area contributed by atoms with Crippen LogP contribution in [-0.4, -0.2) is 29.6 Å². The van der Waals surface area contributed by atoms with Gasteiger partial charge in [-0.1, -0.05) is 18.2 Å². The summed E-state index contributed by atoms with van der Waals surface area (Å²) in [6.07, 6.45) is 1.86. The number of nitrogens with zero attached hydrogens (tertiary/aromatic N) is 1. The van der Waals surface area contributed by atoms with E-state index in [0.29, 0.717) is 18.0 Å². The number of para-hydroxylation sites is 1. The van der Waals surface area contributed by atoms with Gasteiger partial charge in [0.05, 0.1) is 17.2 Å². The minimum absolute atomic E-state index is 0.0978. The van der Waals surface area contributed by atoms with Gasteiger partial charge in [-0.25, -0.2) is 4.98 Å². The molecule has 1 aromatic carbocycles. The molecule has 21 heavy (non-hydrogen) atoms. The summed E-state index contributed by atoms with van der Waals surface area (Å²) in [6.45, 7) is 2.71. The number of carbonyl (C=O) groups excluding carboxylic acids is 1. The normalized spacial score (nSPS) is 22.1. The maximum absolute atomic E-state index is 12.6. The zero-order chi connectivity index (χ0) is 14.8. The third kappa shape index (κ3) is 2.97. The molecule has 5 heteroatoms. The number of fused-ring (bicyclic) bond motifs is 1. The molecular formula is C16H19N3O2. The van der Waals surface area contributed by atoms with E-state index < -0.39 is 0 Å². The van der Waals surface area contributed by atoms with Gasteiger partial charge in [0.1, 0.15) is 5.82 Å². The van der Waals surface area contributed by atoms with Crippen molar-refractivity contribution in [1.29, 1.82) is 0 Å². The zero-order valence-corrected chi connectivity index (χ0v) is 12.0. The van der Waals surface area contributed by atoms with E-state index in [-0.39, 0.29) is 18.1 Å². The van der Waals surface area contributed by atoms with E-state index >= 15 is 0 Å². The maximum atomic E-state index is 12.6. The van der Waals surface area contributed by atoms with Gasteiger partial charge in [-0.05, 0) is 31.9 Å². The highest BCUT2D eigenvalue weighted by atomic mass is 16.5. The number of hydrogen-bond donors (Lipinski definition) is 2. The molecule has 1 fully saturated rings. The van der Waals surface area contributed by atoms with E-state index in [1.54, 1.807) is 6.07 Å². The number of hydrogen-bond acceptors (Lipinski definition) is 4. The van der Waals surface area contributed by atoms with Crippen molar-refractivity contribution in [2.45, 2.75) is 31.9 Å². The lowest BCUT2D eigenvalue weighted by molar-refractivity contribution is 0.0137. The standard InChI is InChI=1S/C16H19N3O2/c1-10-8-11(6-7-21-10)18-16(20)13-9-15(17)19-14-5-3-2-4-12(13)14/h2-5,9-11H,6-8H2,1H3,(H2,17,19)(H,18,20). The van der Waals surface area contributed by atoms with Crippen molar-refractivity contribution in [2.75, 3.05) is 12.3 Å². The lowest BCUT2D eigenvalue weighted by Gasteiger charge is -2.28. The van der Waals surface area contributed by atoms with Crippen LogP contribution in [0.2, 0.25) is 0 Å². The van der Waals surface area contributed by atoms with Crippen molar-refractivity contribution < 1.29 is 9.53 Å². The number of amides is 1. The second-order valence-corrected chi connectivity index (χ2v) is 5.49. The van der Waals surface area contributed by atoms with Gasteiger partial charge in [-0.2, -0.15) is 0 Å². The van der Waals surface area contributed by atoms with Crippen LogP contribution < -0.4 is 11.1 Å². The van der Waals surface area contributed by atoms with Gasteiger partial charge >= 0.3 is 0 Å². The molecule has 1 amide bonds. The fourth-order valence-corrected chi connectivity index (χ4v) is 2.78. The first-order valence-electron chi connectivity index (χ1n) is 7.21. The predicted molar refractivity (Wildman–Crippen MR) is 82.1 cm³/mol. The smallest absolute Gasteiger partial charge is 0.252 e. The molecule has 0 radical (unpaired) electrons. The molecule has 110 valence electrons. The highest BCUT2D eigenvalue weighted by Crippen LogP contribution is 2.20. The maximum Gasteiger partial charge on any atom is 0.252 e. The van der Waals surface area contributed by atoms with E-state index in [0.717, 1.165) is 23.7 Å². The SMILES string of the molecule is CC1CC(NC(=O)c2cc(N)nc3ccccc23)CCO1. The van der Waals surface area contributed by atoms with Crippen molar-refractivity contribution >= 4 is 22.6 Å². The molecule has 0 spiro atoms. The summed E-state index contributed by atoms with van der Waals surface area (Å²) in [6, 6.07) is 9.32. The van der Waals surface area contributed by atoms with Gasteiger partial charge in [-0.15, -0.1) is 0 Å². The number of nitrogens with two attached hydrogens (primary N) is 1. The quantitative estimate of drug-likeness (QED) is 0.886. The molecule has 0 aliphatic carbocycles. The molecule has 1 aromatic heterocycles. The molecule has 3 N–H and O–H groups in total. The largest absolute Gasteiger partial charge is 0.384 e. The lowest BCUT2D eigenvalue weighted by atomic mass is 10.0. The Labute approximate surface area is 123 Å². The molecule has 2 atom stereocenters. The minimum Gasteiger partial charge on any atom is -0.384 e. The van der Waals surface area contributed by atoms with Crippen molar-refractivity contribution in [3.63, 3.8) is 0 Å². The van der Waals surface area contributed by atoms with Gasteiger partial charge in [-0.3, -0.25) is 4.79 Å².